The molecule has 3 heteroatoms. The molecule has 14 heavy (non-hydrogen) atoms. The molecule has 0 radical (unpaired) electrons. The molecule has 3 N–H and O–H groups in total. The summed E-state index contributed by atoms with van der Waals surface area (Å²) in [6, 6.07) is 0. The van der Waals surface area contributed by atoms with Crippen molar-refractivity contribution in [3.63, 3.8) is 0 Å². The van der Waals surface area contributed by atoms with Gasteiger partial charge in [-0.3, -0.25) is 4.79 Å². The highest BCUT2D eigenvalue weighted by molar-refractivity contribution is 5.84. The van der Waals surface area contributed by atoms with Gasteiger partial charge in [-0.25, -0.2) is 0 Å². The highest BCUT2D eigenvalue weighted by Gasteiger charge is 2.50. The predicted octanol–water partition coefficient (Wildman–Crippen LogP) is 0.886. The number of nitrogens with one attached hydrogen (secondary N) is 1. The summed E-state index contributed by atoms with van der Waals surface area (Å²) in [6.07, 6.45) is 5.15. The number of fused-ring (bicyclic) bond motifs is 2. The van der Waals surface area contributed by atoms with Crippen LogP contribution in [0.1, 0.15) is 32.6 Å². The first kappa shape index (κ1) is 9.97. The Bertz CT molecular complexity index is 254. The summed E-state index contributed by atoms with van der Waals surface area (Å²) in [7, 11) is 1.84. The van der Waals surface area contributed by atoms with E-state index >= 15 is 0 Å². The zero-order chi connectivity index (χ0) is 10.3. The molecule has 2 aliphatic rings. The fraction of sp³-hybridized carbons (Fsp3) is 0.909. The Kier molecular flexibility index (Phi) is 2.30. The van der Waals surface area contributed by atoms with E-state index in [1.165, 1.54) is 25.7 Å². The molecule has 80 valence electrons. The quantitative estimate of drug-likeness (QED) is 0.704. The van der Waals surface area contributed by atoms with E-state index in [2.05, 4.69) is 5.32 Å². The molecule has 0 heterocycles. The molecular formula is C11H20N2O. The monoisotopic (exact) mass is 196 g/mol. The van der Waals surface area contributed by atoms with Gasteiger partial charge in [0.15, 0.2) is 0 Å². The average molecular weight is 196 g/mol. The van der Waals surface area contributed by atoms with E-state index in [-0.39, 0.29) is 5.91 Å². The summed E-state index contributed by atoms with van der Waals surface area (Å²) >= 11 is 0. The fourth-order valence-corrected chi connectivity index (χ4v) is 3.44. The minimum absolute atomic E-state index is 0.197. The molecule has 0 saturated heterocycles. The highest BCUT2D eigenvalue weighted by Crippen LogP contribution is 2.51. The van der Waals surface area contributed by atoms with Crippen LogP contribution in [0.2, 0.25) is 0 Å². The van der Waals surface area contributed by atoms with Gasteiger partial charge in [-0.15, -0.1) is 0 Å². The Labute approximate surface area is 85.4 Å². The Morgan fingerprint density at radius 2 is 2.14 bits per heavy atom. The average Bonchev–Trinajstić information content (AvgIpc) is 2.77. The van der Waals surface area contributed by atoms with E-state index in [1.807, 2.05) is 14.0 Å². The molecule has 2 saturated carbocycles. The standard InChI is InChI=1S/C11H20N2O/c1-11(13-2,10(12)14)9-6-7-3-4-8(9)5-7/h7-9,13H,3-6H2,1-2H3,(H2,12,14). The normalized spacial score (nSPS) is 39.7. The van der Waals surface area contributed by atoms with E-state index in [0.29, 0.717) is 5.92 Å². The van der Waals surface area contributed by atoms with Crippen molar-refractivity contribution in [3.05, 3.63) is 0 Å². The molecule has 0 spiro atoms. The van der Waals surface area contributed by atoms with Crippen molar-refractivity contribution in [2.24, 2.45) is 23.5 Å². The van der Waals surface area contributed by atoms with Crippen molar-refractivity contribution >= 4 is 5.91 Å². The van der Waals surface area contributed by atoms with Crippen LogP contribution in [0, 0.1) is 17.8 Å². The molecule has 2 rings (SSSR count). The molecule has 0 aromatic carbocycles. The first-order valence-electron chi connectivity index (χ1n) is 5.56. The molecule has 0 aliphatic heterocycles. The minimum Gasteiger partial charge on any atom is -0.368 e. The van der Waals surface area contributed by atoms with Crippen LogP contribution >= 0.6 is 0 Å². The van der Waals surface area contributed by atoms with Crippen molar-refractivity contribution in [2.45, 2.75) is 38.1 Å². The Morgan fingerprint density at radius 1 is 1.43 bits per heavy atom. The lowest BCUT2D eigenvalue weighted by molar-refractivity contribution is -0.126. The van der Waals surface area contributed by atoms with E-state index in [9.17, 15) is 4.79 Å². The molecule has 4 atom stereocenters. The molecule has 2 bridgehead atoms. The molecular weight excluding hydrogens is 176 g/mol. The van der Waals surface area contributed by atoms with E-state index < -0.39 is 5.54 Å². The van der Waals surface area contributed by atoms with Gasteiger partial charge in [0.05, 0.1) is 5.54 Å². The molecule has 0 aromatic heterocycles. The van der Waals surface area contributed by atoms with Gasteiger partial charge in [-0.05, 0) is 51.0 Å². The first-order chi connectivity index (χ1) is 6.58. The third-order valence-corrected chi connectivity index (χ3v) is 4.51. The van der Waals surface area contributed by atoms with Crippen molar-refractivity contribution in [1.29, 1.82) is 0 Å². The summed E-state index contributed by atoms with van der Waals surface area (Å²) in [4.78, 5) is 11.5. The summed E-state index contributed by atoms with van der Waals surface area (Å²) in [5.41, 5.74) is 5.01. The van der Waals surface area contributed by atoms with Crippen LogP contribution in [-0.2, 0) is 4.79 Å². The van der Waals surface area contributed by atoms with E-state index in [0.717, 1.165) is 11.8 Å². The summed E-state index contributed by atoms with van der Waals surface area (Å²) in [5, 5.41) is 3.13. The van der Waals surface area contributed by atoms with E-state index in [1.54, 1.807) is 0 Å². The van der Waals surface area contributed by atoms with Gasteiger partial charge in [-0.1, -0.05) is 6.42 Å². The summed E-state index contributed by atoms with van der Waals surface area (Å²) in [5.74, 6) is 1.85. The number of hydrogen-bond donors (Lipinski definition) is 2. The van der Waals surface area contributed by atoms with Crippen LogP contribution in [0.4, 0.5) is 0 Å². The topological polar surface area (TPSA) is 55.1 Å². The molecule has 0 aromatic rings. The molecule has 4 unspecified atom stereocenters. The minimum atomic E-state index is -0.486. The number of primary amides is 1. The van der Waals surface area contributed by atoms with Crippen LogP contribution in [0.5, 0.6) is 0 Å². The maximum absolute atomic E-state index is 11.5. The molecule has 2 fully saturated rings. The van der Waals surface area contributed by atoms with Gasteiger partial charge >= 0.3 is 0 Å². The second-order valence-electron chi connectivity index (χ2n) is 5.10. The van der Waals surface area contributed by atoms with Gasteiger partial charge in [0.2, 0.25) is 5.91 Å². The lowest BCUT2D eigenvalue weighted by Crippen LogP contribution is -2.58. The van der Waals surface area contributed by atoms with Crippen molar-refractivity contribution in [2.75, 3.05) is 7.05 Å². The van der Waals surface area contributed by atoms with Gasteiger partial charge in [0.1, 0.15) is 0 Å². The number of likely N-dealkylation sites (N-methyl/N-ethyl adjacent to an activating group) is 1. The largest absolute Gasteiger partial charge is 0.368 e. The zero-order valence-electron chi connectivity index (χ0n) is 9.05. The van der Waals surface area contributed by atoms with Gasteiger partial charge in [-0.2, -0.15) is 0 Å². The van der Waals surface area contributed by atoms with Crippen molar-refractivity contribution in [3.8, 4) is 0 Å². The maximum atomic E-state index is 11.5. The predicted molar refractivity (Wildman–Crippen MR) is 55.6 cm³/mol. The van der Waals surface area contributed by atoms with E-state index in [4.69, 9.17) is 5.73 Å². The second-order valence-corrected chi connectivity index (χ2v) is 5.10. The molecule has 1 amide bonds. The van der Waals surface area contributed by atoms with Crippen LogP contribution in [0.15, 0.2) is 0 Å². The number of carbonyl (C=O) groups excluding carboxylic acids is 1. The van der Waals surface area contributed by atoms with Gasteiger partial charge in [0, 0.05) is 0 Å². The fourth-order valence-electron chi connectivity index (χ4n) is 3.44. The lowest BCUT2D eigenvalue weighted by atomic mass is 9.74. The number of amides is 1. The highest BCUT2D eigenvalue weighted by atomic mass is 16.1. The summed E-state index contributed by atoms with van der Waals surface area (Å²) < 4.78 is 0. The SMILES string of the molecule is CNC(C)(C(N)=O)C1CC2CCC1C2. The Hall–Kier alpha value is -0.570. The van der Waals surface area contributed by atoms with Crippen LogP contribution in [-0.4, -0.2) is 18.5 Å². The summed E-state index contributed by atoms with van der Waals surface area (Å²) in [6.45, 7) is 1.96. The lowest BCUT2D eigenvalue weighted by Gasteiger charge is -2.37. The third-order valence-electron chi connectivity index (χ3n) is 4.51. The molecule has 2 aliphatic carbocycles. The van der Waals surface area contributed by atoms with Crippen molar-refractivity contribution in [1.82, 2.24) is 5.32 Å². The second kappa shape index (κ2) is 3.23. The van der Waals surface area contributed by atoms with Crippen molar-refractivity contribution < 1.29 is 4.79 Å². The van der Waals surface area contributed by atoms with Crippen LogP contribution < -0.4 is 11.1 Å². The molecule has 3 nitrogen and oxygen atoms in total. The van der Waals surface area contributed by atoms with Crippen LogP contribution in [0.25, 0.3) is 0 Å². The number of carbonyl (C=O) groups is 1. The Balaban J connectivity index is 2.17. The van der Waals surface area contributed by atoms with Gasteiger partial charge in [0.25, 0.3) is 0 Å². The van der Waals surface area contributed by atoms with Crippen LogP contribution in [0.3, 0.4) is 0 Å². The Morgan fingerprint density at radius 3 is 2.50 bits per heavy atom. The smallest absolute Gasteiger partial charge is 0.237 e. The third kappa shape index (κ3) is 1.26. The number of nitrogens with two attached hydrogens (primary N) is 1. The number of rotatable bonds is 3. The maximum Gasteiger partial charge on any atom is 0.237 e. The van der Waals surface area contributed by atoms with Gasteiger partial charge < -0.3 is 11.1 Å². The first-order valence-corrected chi connectivity index (χ1v) is 5.56. The zero-order valence-corrected chi connectivity index (χ0v) is 9.05. The number of hydrogen-bond acceptors (Lipinski definition) is 2.